The van der Waals surface area contributed by atoms with Crippen molar-refractivity contribution in [1.82, 2.24) is 4.90 Å². The number of nitrogens with zero attached hydrogens (tertiary/aromatic N) is 1. The number of primary amides is 1. The molecule has 6 nitrogen and oxygen atoms in total. The number of alkyl halides is 3. The molecule has 1 fully saturated rings. The van der Waals surface area contributed by atoms with Gasteiger partial charge in [0.05, 0.1) is 23.3 Å². The fourth-order valence-corrected chi connectivity index (χ4v) is 4.82. The molecule has 0 aliphatic carbocycles. The summed E-state index contributed by atoms with van der Waals surface area (Å²) in [5.74, 6) is -0.936. The molecule has 0 radical (unpaired) electrons. The fraction of sp³-hybridized carbons (Fsp3) is 0.429. The number of nitrogens with two attached hydrogens (primary N) is 1. The van der Waals surface area contributed by atoms with Gasteiger partial charge < -0.3 is 16.2 Å². The van der Waals surface area contributed by atoms with Crippen LogP contribution in [0.1, 0.15) is 44.8 Å². The van der Waals surface area contributed by atoms with E-state index in [2.05, 4.69) is 5.32 Å². The van der Waals surface area contributed by atoms with Crippen LogP contribution in [0.25, 0.3) is 0 Å². The van der Waals surface area contributed by atoms with Gasteiger partial charge in [-0.3, -0.25) is 14.5 Å². The number of aliphatic hydroxyl groups is 1. The lowest BCUT2D eigenvalue weighted by Gasteiger charge is -2.38. The molecule has 0 spiro atoms. The zero-order valence-electron chi connectivity index (χ0n) is 17.2. The third kappa shape index (κ3) is 5.08. The maximum absolute atomic E-state index is 13.0. The van der Waals surface area contributed by atoms with Gasteiger partial charge in [0, 0.05) is 18.0 Å². The van der Waals surface area contributed by atoms with Gasteiger partial charge in [-0.15, -0.1) is 11.3 Å². The highest BCUT2D eigenvalue weighted by atomic mass is 32.1. The number of rotatable bonds is 5. The van der Waals surface area contributed by atoms with E-state index in [1.54, 1.807) is 6.92 Å². The first-order valence-corrected chi connectivity index (χ1v) is 10.5. The Labute approximate surface area is 181 Å². The number of aryl methyl sites for hydroxylation is 1. The summed E-state index contributed by atoms with van der Waals surface area (Å²) in [6, 6.07) is 4.73. The molecule has 10 heteroatoms. The van der Waals surface area contributed by atoms with Crippen LogP contribution in [-0.2, 0) is 16.6 Å². The summed E-state index contributed by atoms with van der Waals surface area (Å²) in [4.78, 5) is 26.9. The molecular formula is C21H24F3N3O3S. The average molecular weight is 456 g/mol. The summed E-state index contributed by atoms with van der Waals surface area (Å²) in [6.07, 6.45) is -4.08. The number of amides is 2. The van der Waals surface area contributed by atoms with Crippen molar-refractivity contribution in [2.24, 2.45) is 5.73 Å². The predicted molar refractivity (Wildman–Crippen MR) is 112 cm³/mol. The van der Waals surface area contributed by atoms with Crippen molar-refractivity contribution < 1.29 is 27.9 Å². The van der Waals surface area contributed by atoms with Crippen molar-refractivity contribution in [3.8, 4) is 0 Å². The summed E-state index contributed by atoms with van der Waals surface area (Å²) in [5, 5.41) is 14.0. The summed E-state index contributed by atoms with van der Waals surface area (Å²) in [5.41, 5.74) is 4.50. The van der Waals surface area contributed by atoms with Gasteiger partial charge in [-0.1, -0.05) is 12.1 Å². The summed E-state index contributed by atoms with van der Waals surface area (Å²) >= 11 is 1.28. The van der Waals surface area contributed by atoms with Crippen molar-refractivity contribution >= 4 is 28.2 Å². The standard InChI is InChI=1S/C21H24F3N3O3S/c1-12-13(2)31-19(17(12)18(25)29)26-16(28)11-27-8-6-20(30,7-9-27)14-4-3-5-15(10-14)21(22,23)24/h3-5,10,30H,6-9,11H2,1-2H3,(H2,25,29)(H,26,28). The lowest BCUT2D eigenvalue weighted by molar-refractivity contribution is -0.137. The Morgan fingerprint density at radius 2 is 1.90 bits per heavy atom. The van der Waals surface area contributed by atoms with Crippen LogP contribution in [0.3, 0.4) is 0 Å². The van der Waals surface area contributed by atoms with Crippen molar-refractivity contribution in [3.05, 3.63) is 51.4 Å². The van der Waals surface area contributed by atoms with Crippen molar-refractivity contribution in [2.75, 3.05) is 25.0 Å². The molecular weight excluding hydrogens is 431 g/mol. The molecule has 2 heterocycles. The average Bonchev–Trinajstić information content (AvgIpc) is 2.96. The third-order valence-electron chi connectivity index (χ3n) is 5.66. The highest BCUT2D eigenvalue weighted by Gasteiger charge is 2.37. The number of carbonyl (C=O) groups is 2. The van der Waals surface area contributed by atoms with Gasteiger partial charge in [0.15, 0.2) is 0 Å². The predicted octanol–water partition coefficient (Wildman–Crippen LogP) is 3.40. The minimum Gasteiger partial charge on any atom is -0.385 e. The normalized spacial score (nSPS) is 16.8. The molecule has 1 aromatic carbocycles. The van der Waals surface area contributed by atoms with Crippen LogP contribution in [0.5, 0.6) is 0 Å². The van der Waals surface area contributed by atoms with Crippen LogP contribution in [0.15, 0.2) is 24.3 Å². The van der Waals surface area contributed by atoms with Crippen LogP contribution in [-0.4, -0.2) is 41.5 Å². The second kappa shape index (κ2) is 8.60. The molecule has 0 atom stereocenters. The molecule has 0 bridgehead atoms. The first kappa shape index (κ1) is 23.2. The van der Waals surface area contributed by atoms with Crippen molar-refractivity contribution in [3.63, 3.8) is 0 Å². The number of hydrogen-bond acceptors (Lipinski definition) is 5. The molecule has 4 N–H and O–H groups in total. The fourth-order valence-electron chi connectivity index (χ4n) is 3.74. The maximum Gasteiger partial charge on any atom is 0.416 e. The first-order valence-electron chi connectivity index (χ1n) is 9.73. The number of nitrogens with one attached hydrogen (secondary N) is 1. The summed E-state index contributed by atoms with van der Waals surface area (Å²) < 4.78 is 39.0. The molecule has 0 saturated carbocycles. The molecule has 1 aromatic heterocycles. The molecule has 2 aromatic rings. The van der Waals surface area contributed by atoms with Crippen LogP contribution in [0.4, 0.5) is 18.2 Å². The van der Waals surface area contributed by atoms with E-state index in [0.717, 1.165) is 22.6 Å². The number of piperidine rings is 1. The van der Waals surface area contributed by atoms with Crippen LogP contribution in [0, 0.1) is 13.8 Å². The Balaban J connectivity index is 1.62. The Bertz CT molecular complexity index is 995. The Morgan fingerprint density at radius 3 is 2.48 bits per heavy atom. The van der Waals surface area contributed by atoms with Crippen molar-refractivity contribution in [1.29, 1.82) is 0 Å². The minimum absolute atomic E-state index is 0.0346. The van der Waals surface area contributed by atoms with Gasteiger partial charge in [-0.2, -0.15) is 13.2 Å². The van der Waals surface area contributed by atoms with Gasteiger partial charge in [-0.05, 0) is 49.9 Å². The maximum atomic E-state index is 13.0. The van der Waals surface area contributed by atoms with Gasteiger partial charge in [0.2, 0.25) is 5.91 Å². The first-order chi connectivity index (χ1) is 14.4. The van der Waals surface area contributed by atoms with Crippen LogP contribution >= 0.6 is 11.3 Å². The number of carbonyl (C=O) groups excluding carboxylic acids is 2. The number of anilines is 1. The quantitative estimate of drug-likeness (QED) is 0.644. The van der Waals surface area contributed by atoms with Gasteiger partial charge >= 0.3 is 6.18 Å². The summed E-state index contributed by atoms with van der Waals surface area (Å²) in [7, 11) is 0. The van der Waals surface area contributed by atoms with E-state index in [1.165, 1.54) is 23.5 Å². The van der Waals surface area contributed by atoms with Crippen molar-refractivity contribution in [2.45, 2.75) is 38.5 Å². The number of hydrogen-bond donors (Lipinski definition) is 3. The molecule has 1 aliphatic rings. The zero-order chi connectivity index (χ0) is 23.0. The van der Waals surface area contributed by atoms with E-state index in [0.29, 0.717) is 23.7 Å². The van der Waals surface area contributed by atoms with Gasteiger partial charge in [0.1, 0.15) is 5.00 Å². The molecule has 1 aliphatic heterocycles. The number of likely N-dealkylation sites (tertiary alicyclic amines) is 1. The highest BCUT2D eigenvalue weighted by Crippen LogP contribution is 2.37. The second-order valence-corrected chi connectivity index (χ2v) is 9.01. The highest BCUT2D eigenvalue weighted by molar-refractivity contribution is 7.16. The van der Waals surface area contributed by atoms with E-state index in [9.17, 15) is 27.9 Å². The molecule has 31 heavy (non-hydrogen) atoms. The Morgan fingerprint density at radius 1 is 1.26 bits per heavy atom. The third-order valence-corrected chi connectivity index (χ3v) is 6.79. The zero-order valence-corrected chi connectivity index (χ0v) is 18.0. The van der Waals surface area contributed by atoms with E-state index in [-0.39, 0.29) is 30.9 Å². The topological polar surface area (TPSA) is 95.7 Å². The lowest BCUT2D eigenvalue weighted by atomic mass is 9.83. The van der Waals surface area contributed by atoms with E-state index < -0.39 is 23.2 Å². The van der Waals surface area contributed by atoms with Crippen LogP contribution < -0.4 is 11.1 Å². The smallest absolute Gasteiger partial charge is 0.385 e. The number of thiophene rings is 1. The SMILES string of the molecule is Cc1sc(NC(=O)CN2CCC(O)(c3cccc(C(F)(F)F)c3)CC2)c(C(N)=O)c1C. The molecule has 2 amide bonds. The van der Waals surface area contributed by atoms with E-state index in [1.807, 2.05) is 11.8 Å². The Kier molecular flexibility index (Phi) is 6.45. The van der Waals surface area contributed by atoms with E-state index >= 15 is 0 Å². The minimum atomic E-state index is -4.48. The monoisotopic (exact) mass is 455 g/mol. The molecule has 3 rings (SSSR count). The van der Waals surface area contributed by atoms with Gasteiger partial charge in [0.25, 0.3) is 5.91 Å². The molecule has 1 saturated heterocycles. The molecule has 168 valence electrons. The summed E-state index contributed by atoms with van der Waals surface area (Å²) in [6.45, 7) is 4.31. The number of benzene rings is 1. The Hall–Kier alpha value is -2.43. The second-order valence-electron chi connectivity index (χ2n) is 7.79. The largest absolute Gasteiger partial charge is 0.416 e. The van der Waals surface area contributed by atoms with Crippen LogP contribution in [0.2, 0.25) is 0 Å². The van der Waals surface area contributed by atoms with Gasteiger partial charge in [-0.25, -0.2) is 0 Å². The van der Waals surface area contributed by atoms with E-state index in [4.69, 9.17) is 5.73 Å². The molecule has 0 unspecified atom stereocenters. The number of halogens is 3. The lowest BCUT2D eigenvalue weighted by Crippen LogP contribution is -2.45.